The van der Waals surface area contributed by atoms with Gasteiger partial charge in [-0.1, -0.05) is 42.5 Å². The zero-order chi connectivity index (χ0) is 14.1. The van der Waals surface area contributed by atoms with Crippen molar-refractivity contribution in [3.8, 4) is 5.75 Å². The molecule has 1 unspecified atom stereocenters. The maximum atomic E-state index is 11.4. The van der Waals surface area contributed by atoms with Crippen molar-refractivity contribution in [2.45, 2.75) is 12.0 Å². The van der Waals surface area contributed by atoms with Gasteiger partial charge in [0.1, 0.15) is 5.75 Å². The third-order valence-electron chi connectivity index (χ3n) is 3.65. The molecule has 0 spiro atoms. The topological polar surface area (TPSA) is 52.4 Å². The lowest BCUT2D eigenvalue weighted by atomic mass is 9.83. The van der Waals surface area contributed by atoms with Crippen LogP contribution in [0.3, 0.4) is 0 Å². The molecule has 2 aromatic rings. The van der Waals surface area contributed by atoms with Gasteiger partial charge in [0.2, 0.25) is 0 Å². The molecule has 3 rings (SSSR count). The van der Waals surface area contributed by atoms with E-state index in [-0.39, 0.29) is 17.4 Å². The standard InChI is InChI=1S/C15H14NO3P/c17-16(18)12-9-19-13-7-3-1-5-10(13)15(12)11-6-2-4-8-14(11)20/h1-8,12,15H,9,20H2/t12-,15-/m1/s1. The minimum Gasteiger partial charge on any atom is -0.486 e. The Morgan fingerprint density at radius 2 is 1.75 bits per heavy atom. The first-order valence-electron chi connectivity index (χ1n) is 6.38. The second-order valence-corrected chi connectivity index (χ2v) is 5.43. The van der Waals surface area contributed by atoms with Crippen molar-refractivity contribution in [2.24, 2.45) is 0 Å². The smallest absolute Gasteiger partial charge is 0.257 e. The van der Waals surface area contributed by atoms with Crippen LogP contribution in [0.5, 0.6) is 5.75 Å². The summed E-state index contributed by atoms with van der Waals surface area (Å²) in [5.41, 5.74) is 1.85. The lowest BCUT2D eigenvalue weighted by Crippen LogP contribution is -2.39. The largest absolute Gasteiger partial charge is 0.486 e. The molecule has 0 N–H and O–H groups in total. The molecule has 0 amide bonds. The molecule has 1 aliphatic rings. The lowest BCUT2D eigenvalue weighted by Gasteiger charge is -2.29. The molecule has 3 atom stereocenters. The van der Waals surface area contributed by atoms with Crippen molar-refractivity contribution in [1.29, 1.82) is 0 Å². The summed E-state index contributed by atoms with van der Waals surface area (Å²) in [6, 6.07) is 14.5. The summed E-state index contributed by atoms with van der Waals surface area (Å²) in [6.45, 7) is 0.105. The summed E-state index contributed by atoms with van der Waals surface area (Å²) in [6.07, 6.45) is 0. The molecule has 0 saturated carbocycles. The van der Waals surface area contributed by atoms with E-state index >= 15 is 0 Å². The van der Waals surface area contributed by atoms with E-state index < -0.39 is 6.04 Å². The zero-order valence-corrected chi connectivity index (χ0v) is 11.9. The van der Waals surface area contributed by atoms with Gasteiger partial charge in [0.25, 0.3) is 6.04 Å². The molecule has 1 aliphatic heterocycles. The Labute approximate surface area is 119 Å². The molecular weight excluding hydrogens is 273 g/mol. The average molecular weight is 287 g/mol. The van der Waals surface area contributed by atoms with E-state index in [2.05, 4.69) is 9.24 Å². The molecular formula is C15H14NO3P. The highest BCUT2D eigenvalue weighted by Gasteiger charge is 2.40. The first-order valence-corrected chi connectivity index (χ1v) is 6.96. The fourth-order valence-electron chi connectivity index (χ4n) is 2.70. The van der Waals surface area contributed by atoms with E-state index in [1.165, 1.54) is 0 Å². The first kappa shape index (κ1) is 13.1. The van der Waals surface area contributed by atoms with Gasteiger partial charge in [-0.2, -0.15) is 0 Å². The number of hydrogen-bond donors (Lipinski definition) is 0. The minimum absolute atomic E-state index is 0.105. The van der Waals surface area contributed by atoms with E-state index in [4.69, 9.17) is 4.74 Å². The number of rotatable bonds is 2. The van der Waals surface area contributed by atoms with Crippen molar-refractivity contribution in [3.05, 3.63) is 69.8 Å². The Morgan fingerprint density at radius 1 is 1.10 bits per heavy atom. The minimum atomic E-state index is -0.758. The van der Waals surface area contributed by atoms with Gasteiger partial charge < -0.3 is 4.74 Å². The molecule has 0 saturated heterocycles. The maximum Gasteiger partial charge on any atom is 0.257 e. The molecule has 0 aliphatic carbocycles. The van der Waals surface area contributed by atoms with E-state index in [1.54, 1.807) is 0 Å². The highest BCUT2D eigenvalue weighted by Crippen LogP contribution is 2.38. The summed E-state index contributed by atoms with van der Waals surface area (Å²) in [5.74, 6) is 0.465. The molecule has 0 bridgehead atoms. The van der Waals surface area contributed by atoms with E-state index in [0.717, 1.165) is 22.2 Å². The Morgan fingerprint density at radius 3 is 2.45 bits per heavy atom. The molecule has 0 radical (unpaired) electrons. The maximum absolute atomic E-state index is 11.4. The Kier molecular flexibility index (Phi) is 3.41. The molecule has 0 fully saturated rings. The van der Waals surface area contributed by atoms with Gasteiger partial charge in [-0.3, -0.25) is 10.1 Å². The second-order valence-electron chi connectivity index (χ2n) is 4.81. The monoisotopic (exact) mass is 287 g/mol. The van der Waals surface area contributed by atoms with Crippen molar-refractivity contribution in [1.82, 2.24) is 0 Å². The number of fused-ring (bicyclic) bond motifs is 1. The highest BCUT2D eigenvalue weighted by atomic mass is 31.0. The van der Waals surface area contributed by atoms with Gasteiger partial charge in [0.15, 0.2) is 6.61 Å². The number of nitrogens with zero attached hydrogens (tertiary/aromatic N) is 1. The van der Waals surface area contributed by atoms with Crippen molar-refractivity contribution in [2.75, 3.05) is 6.61 Å². The van der Waals surface area contributed by atoms with Crippen LogP contribution in [0.15, 0.2) is 48.5 Å². The number of benzene rings is 2. The molecule has 0 aromatic heterocycles. The van der Waals surface area contributed by atoms with E-state index in [1.807, 2.05) is 48.5 Å². The third-order valence-corrected chi connectivity index (χ3v) is 4.18. The van der Waals surface area contributed by atoms with E-state index in [9.17, 15) is 10.1 Å². The molecule has 2 aromatic carbocycles. The molecule has 102 valence electrons. The third kappa shape index (κ3) is 2.16. The predicted octanol–water partition coefficient (Wildman–Crippen LogP) is 2.36. The summed E-state index contributed by atoms with van der Waals surface area (Å²) in [7, 11) is 2.66. The number of hydrogen-bond acceptors (Lipinski definition) is 3. The Balaban J connectivity index is 2.17. The predicted molar refractivity (Wildman–Crippen MR) is 80.3 cm³/mol. The van der Waals surface area contributed by atoms with Crippen LogP contribution in [-0.4, -0.2) is 17.6 Å². The summed E-state index contributed by atoms with van der Waals surface area (Å²) in [5, 5.41) is 12.4. The summed E-state index contributed by atoms with van der Waals surface area (Å²) < 4.78 is 5.54. The van der Waals surface area contributed by atoms with Crippen molar-refractivity contribution < 1.29 is 9.66 Å². The fourth-order valence-corrected chi connectivity index (χ4v) is 3.09. The fraction of sp³-hybridized carbons (Fsp3) is 0.200. The number of para-hydroxylation sites is 1. The van der Waals surface area contributed by atoms with Gasteiger partial charge in [-0.15, -0.1) is 9.24 Å². The summed E-state index contributed by atoms with van der Waals surface area (Å²) in [4.78, 5) is 11.1. The number of nitro groups is 1. The van der Waals surface area contributed by atoms with Gasteiger partial charge >= 0.3 is 0 Å². The van der Waals surface area contributed by atoms with Gasteiger partial charge in [0, 0.05) is 10.5 Å². The first-order chi connectivity index (χ1) is 9.68. The SMILES string of the molecule is O=[N+]([O-])[C@@H]1COc2ccccc2[C@@H]1c1ccccc1P. The second kappa shape index (κ2) is 5.22. The van der Waals surface area contributed by atoms with Gasteiger partial charge in [-0.25, -0.2) is 0 Å². The molecule has 1 heterocycles. The van der Waals surface area contributed by atoms with Crippen molar-refractivity contribution >= 4 is 14.5 Å². The van der Waals surface area contributed by atoms with Crippen LogP contribution in [0.2, 0.25) is 0 Å². The quantitative estimate of drug-likeness (QED) is 0.484. The Bertz CT molecular complexity index is 659. The van der Waals surface area contributed by atoms with Crippen LogP contribution in [0, 0.1) is 10.1 Å². The van der Waals surface area contributed by atoms with Gasteiger partial charge in [-0.05, 0) is 16.9 Å². The van der Waals surface area contributed by atoms with Crippen molar-refractivity contribution in [3.63, 3.8) is 0 Å². The highest BCUT2D eigenvalue weighted by molar-refractivity contribution is 7.27. The summed E-state index contributed by atoms with van der Waals surface area (Å²) >= 11 is 0. The molecule has 4 nitrogen and oxygen atoms in total. The normalized spacial score (nSPS) is 20.9. The molecule has 20 heavy (non-hydrogen) atoms. The molecule has 5 heteroatoms. The van der Waals surface area contributed by atoms with Gasteiger partial charge in [0.05, 0.1) is 5.92 Å². The van der Waals surface area contributed by atoms with Crippen LogP contribution in [0.25, 0.3) is 0 Å². The van der Waals surface area contributed by atoms with Crippen LogP contribution < -0.4 is 10.0 Å². The Hall–Kier alpha value is -1.93. The lowest BCUT2D eigenvalue weighted by molar-refractivity contribution is -0.528. The van der Waals surface area contributed by atoms with Crippen LogP contribution in [-0.2, 0) is 0 Å². The zero-order valence-electron chi connectivity index (χ0n) is 10.7. The van der Waals surface area contributed by atoms with Crippen LogP contribution >= 0.6 is 9.24 Å². The van der Waals surface area contributed by atoms with Crippen LogP contribution in [0.1, 0.15) is 17.0 Å². The number of ether oxygens (including phenoxy) is 1. The average Bonchev–Trinajstić information content (AvgIpc) is 2.46. The van der Waals surface area contributed by atoms with Crippen LogP contribution in [0.4, 0.5) is 0 Å². The van der Waals surface area contributed by atoms with E-state index in [0.29, 0.717) is 0 Å².